The maximum atomic E-state index is 12.2. The van der Waals surface area contributed by atoms with E-state index < -0.39 is 0 Å². The monoisotopic (exact) mass is 412 g/mol. The molecule has 5 nitrogen and oxygen atoms in total. The van der Waals surface area contributed by atoms with Crippen LogP contribution in [0.25, 0.3) is 0 Å². The minimum atomic E-state index is -0.224. The molecule has 138 valence electrons. The van der Waals surface area contributed by atoms with E-state index >= 15 is 0 Å². The van der Waals surface area contributed by atoms with Crippen LogP contribution >= 0.6 is 35.0 Å². The molecule has 2 aromatic rings. The smallest absolute Gasteiger partial charge is 0.279 e. The number of quaternary nitrogens is 1. The number of benzene rings is 2. The molecule has 0 saturated heterocycles. The number of rotatable bonds is 7. The van der Waals surface area contributed by atoms with E-state index in [1.54, 1.807) is 37.0 Å². The highest BCUT2D eigenvalue weighted by atomic mass is 35.5. The van der Waals surface area contributed by atoms with Crippen LogP contribution in [0, 0.1) is 0 Å². The van der Waals surface area contributed by atoms with Gasteiger partial charge in [0.2, 0.25) is 0 Å². The minimum absolute atomic E-state index is 0.141. The topological polar surface area (TPSA) is 62.6 Å². The fourth-order valence-corrected chi connectivity index (χ4v) is 3.46. The van der Waals surface area contributed by atoms with Crippen LogP contribution in [0.2, 0.25) is 10.0 Å². The molecule has 2 rings (SSSR count). The number of hydrogen-bond donors (Lipinski definition) is 3. The van der Waals surface area contributed by atoms with Crippen molar-refractivity contribution in [1.29, 1.82) is 0 Å². The molecule has 0 bridgehead atoms. The number of likely N-dealkylation sites (N-methyl/N-ethyl adjacent to an activating group) is 1. The number of amides is 2. The van der Waals surface area contributed by atoms with E-state index in [9.17, 15) is 9.59 Å². The molecule has 26 heavy (non-hydrogen) atoms. The second kappa shape index (κ2) is 9.83. The fourth-order valence-electron chi connectivity index (χ4n) is 2.38. The van der Waals surface area contributed by atoms with Gasteiger partial charge in [0, 0.05) is 20.6 Å². The summed E-state index contributed by atoms with van der Waals surface area (Å²) < 4.78 is 0. The lowest BCUT2D eigenvalue weighted by atomic mass is 10.3. The molecule has 0 saturated carbocycles. The van der Waals surface area contributed by atoms with Crippen molar-refractivity contribution in [2.45, 2.75) is 4.90 Å². The molecule has 3 N–H and O–H groups in total. The van der Waals surface area contributed by atoms with Crippen LogP contribution in [0.15, 0.2) is 47.4 Å². The molecular formula is C18H20Cl2N3O2S+. The van der Waals surface area contributed by atoms with Gasteiger partial charge < -0.3 is 15.5 Å². The quantitative estimate of drug-likeness (QED) is 0.612. The van der Waals surface area contributed by atoms with E-state index in [0.717, 1.165) is 15.5 Å². The Morgan fingerprint density at radius 3 is 2.19 bits per heavy atom. The van der Waals surface area contributed by atoms with Crippen LogP contribution in [0.5, 0.6) is 0 Å². The summed E-state index contributed by atoms with van der Waals surface area (Å²) in [5, 5.41) is 6.50. The molecule has 0 fully saturated rings. The summed E-state index contributed by atoms with van der Waals surface area (Å²) in [6.07, 6.45) is 1.95. The average Bonchev–Trinajstić information content (AvgIpc) is 2.53. The first-order valence-corrected chi connectivity index (χ1v) is 9.85. The molecule has 2 amide bonds. The number of carbonyl (C=O) groups is 2. The molecule has 0 aliphatic rings. The van der Waals surface area contributed by atoms with Gasteiger partial charge in [0.1, 0.15) is 0 Å². The standard InChI is InChI=1S/C18H19Cl2N3O2S/c1-23(10-17(24)21-14-8-12(19)7-13(20)9-14)11-18(25)22-15-5-3-4-6-16(15)26-2/h3-9H,10-11H2,1-2H3,(H,21,24)(H,22,25)/p+1. The van der Waals surface area contributed by atoms with Crippen molar-refractivity contribution in [2.24, 2.45) is 0 Å². The molecule has 0 heterocycles. The zero-order valence-corrected chi connectivity index (χ0v) is 16.8. The molecule has 0 aliphatic carbocycles. The molecule has 0 spiro atoms. The number of para-hydroxylation sites is 1. The normalized spacial score (nSPS) is 11.7. The van der Waals surface area contributed by atoms with Crippen LogP contribution in [0.1, 0.15) is 0 Å². The third kappa shape index (κ3) is 6.53. The van der Waals surface area contributed by atoms with E-state index in [1.165, 1.54) is 0 Å². The highest BCUT2D eigenvalue weighted by Gasteiger charge is 2.15. The lowest BCUT2D eigenvalue weighted by Gasteiger charge is -2.15. The highest BCUT2D eigenvalue weighted by molar-refractivity contribution is 7.98. The molecule has 1 atom stereocenters. The number of halogens is 2. The Morgan fingerprint density at radius 1 is 1.00 bits per heavy atom. The van der Waals surface area contributed by atoms with E-state index in [-0.39, 0.29) is 24.9 Å². The average molecular weight is 413 g/mol. The van der Waals surface area contributed by atoms with Gasteiger partial charge in [-0.05, 0) is 36.6 Å². The third-order valence-corrected chi connectivity index (χ3v) is 4.68. The summed E-state index contributed by atoms with van der Waals surface area (Å²) in [6, 6.07) is 12.4. The summed E-state index contributed by atoms with van der Waals surface area (Å²) in [6.45, 7) is 0.314. The Kier molecular flexibility index (Phi) is 7.78. The van der Waals surface area contributed by atoms with Crippen molar-refractivity contribution in [3.05, 3.63) is 52.5 Å². The Hall–Kier alpha value is -1.73. The van der Waals surface area contributed by atoms with Gasteiger partial charge in [-0.25, -0.2) is 0 Å². The zero-order valence-electron chi connectivity index (χ0n) is 14.4. The molecule has 0 aliphatic heterocycles. The second-order valence-corrected chi connectivity index (χ2v) is 7.49. The van der Waals surface area contributed by atoms with Crippen LogP contribution < -0.4 is 15.5 Å². The van der Waals surface area contributed by atoms with Crippen molar-refractivity contribution in [1.82, 2.24) is 0 Å². The Morgan fingerprint density at radius 2 is 1.58 bits per heavy atom. The second-order valence-electron chi connectivity index (χ2n) is 5.77. The Labute approximate surface area is 167 Å². The maximum absolute atomic E-state index is 12.2. The molecule has 2 aromatic carbocycles. The first-order valence-electron chi connectivity index (χ1n) is 7.87. The minimum Gasteiger partial charge on any atom is -0.322 e. The largest absolute Gasteiger partial charge is 0.322 e. The van der Waals surface area contributed by atoms with Gasteiger partial charge in [-0.3, -0.25) is 9.59 Å². The molecule has 1 unspecified atom stereocenters. The van der Waals surface area contributed by atoms with Gasteiger partial charge in [-0.1, -0.05) is 35.3 Å². The van der Waals surface area contributed by atoms with Crippen LogP contribution in [0.3, 0.4) is 0 Å². The Balaban J connectivity index is 1.86. The Bertz CT molecular complexity index is 782. The highest BCUT2D eigenvalue weighted by Crippen LogP contribution is 2.24. The lowest BCUT2D eigenvalue weighted by molar-refractivity contribution is -0.862. The summed E-state index contributed by atoms with van der Waals surface area (Å²) >= 11 is 13.4. The fraction of sp³-hybridized carbons (Fsp3) is 0.222. The van der Waals surface area contributed by atoms with E-state index in [4.69, 9.17) is 23.2 Å². The SMILES string of the molecule is CSc1ccccc1NC(=O)C[NH+](C)CC(=O)Nc1cc(Cl)cc(Cl)c1. The molecular weight excluding hydrogens is 393 g/mol. The maximum Gasteiger partial charge on any atom is 0.279 e. The summed E-state index contributed by atoms with van der Waals surface area (Å²) in [4.78, 5) is 26.1. The summed E-state index contributed by atoms with van der Waals surface area (Å²) in [5.74, 6) is -0.374. The summed E-state index contributed by atoms with van der Waals surface area (Å²) in [5.41, 5.74) is 1.30. The third-order valence-electron chi connectivity index (χ3n) is 3.45. The van der Waals surface area contributed by atoms with Gasteiger partial charge in [0.15, 0.2) is 13.1 Å². The van der Waals surface area contributed by atoms with Gasteiger partial charge >= 0.3 is 0 Å². The van der Waals surface area contributed by atoms with Crippen LogP contribution in [-0.4, -0.2) is 38.2 Å². The van der Waals surface area contributed by atoms with Crippen LogP contribution in [0.4, 0.5) is 11.4 Å². The molecule has 0 radical (unpaired) electrons. The molecule has 8 heteroatoms. The number of hydrogen-bond acceptors (Lipinski definition) is 3. The van der Waals surface area contributed by atoms with Crippen LogP contribution in [-0.2, 0) is 9.59 Å². The lowest BCUT2D eigenvalue weighted by Crippen LogP contribution is -3.11. The van der Waals surface area contributed by atoms with Gasteiger partial charge in [-0.2, -0.15) is 0 Å². The van der Waals surface area contributed by atoms with Crippen molar-refractivity contribution >= 4 is 58.2 Å². The van der Waals surface area contributed by atoms with Gasteiger partial charge in [-0.15, -0.1) is 11.8 Å². The van der Waals surface area contributed by atoms with Crippen molar-refractivity contribution in [3.8, 4) is 0 Å². The predicted octanol–water partition coefficient (Wildman–Crippen LogP) is 2.81. The molecule has 0 aromatic heterocycles. The van der Waals surface area contributed by atoms with Crippen molar-refractivity contribution in [3.63, 3.8) is 0 Å². The first kappa shape index (κ1) is 20.6. The van der Waals surface area contributed by atoms with Gasteiger partial charge in [0.25, 0.3) is 11.8 Å². The van der Waals surface area contributed by atoms with Crippen molar-refractivity contribution in [2.75, 3.05) is 37.0 Å². The van der Waals surface area contributed by atoms with E-state index in [1.807, 2.05) is 30.5 Å². The van der Waals surface area contributed by atoms with E-state index in [2.05, 4.69) is 10.6 Å². The predicted molar refractivity (Wildman–Crippen MR) is 109 cm³/mol. The number of nitrogens with one attached hydrogen (secondary N) is 3. The number of carbonyl (C=O) groups excluding carboxylic acids is 2. The van der Waals surface area contributed by atoms with Gasteiger partial charge in [0.05, 0.1) is 12.7 Å². The number of anilines is 2. The first-order chi connectivity index (χ1) is 12.4. The zero-order chi connectivity index (χ0) is 19.1. The number of thioether (sulfide) groups is 1. The summed E-state index contributed by atoms with van der Waals surface area (Å²) in [7, 11) is 1.78. The van der Waals surface area contributed by atoms with Crippen molar-refractivity contribution < 1.29 is 14.5 Å². The van der Waals surface area contributed by atoms with E-state index in [0.29, 0.717) is 15.7 Å².